The van der Waals surface area contributed by atoms with E-state index in [0.717, 1.165) is 30.0 Å². The molecular weight excluding hydrogens is 436 g/mol. The number of benzene rings is 1. The molecule has 9 heteroatoms. The van der Waals surface area contributed by atoms with Crippen molar-refractivity contribution in [1.82, 2.24) is 19.2 Å². The van der Waals surface area contributed by atoms with E-state index in [-0.39, 0.29) is 16.6 Å². The summed E-state index contributed by atoms with van der Waals surface area (Å²) in [6.07, 6.45) is 1.67. The second-order valence-corrected chi connectivity index (χ2v) is 10.4. The number of hydrogen-bond donors (Lipinski definition) is 0. The van der Waals surface area contributed by atoms with Gasteiger partial charge in [0.2, 0.25) is 5.91 Å². The fourth-order valence-corrected chi connectivity index (χ4v) is 4.85. The standard InChI is InChI=1S/C22H25ClN4O3S/c1-3-31(29,30)19-8-9-21-24-22(17-4-6-18(23)7-5-17)20(27(21)14-19)15-25-10-12-26(13-11-25)16(2)28/h4-9,14H,3,10-13,15H2,1-2H3. The van der Waals surface area contributed by atoms with Crippen molar-refractivity contribution in [2.24, 2.45) is 0 Å². The van der Waals surface area contributed by atoms with E-state index in [9.17, 15) is 13.2 Å². The third-order valence-electron chi connectivity index (χ3n) is 5.74. The molecule has 1 fully saturated rings. The summed E-state index contributed by atoms with van der Waals surface area (Å²) in [5, 5.41) is 0.644. The van der Waals surface area contributed by atoms with Crippen molar-refractivity contribution in [2.45, 2.75) is 25.3 Å². The minimum Gasteiger partial charge on any atom is -0.340 e. The highest BCUT2D eigenvalue weighted by Crippen LogP contribution is 2.28. The van der Waals surface area contributed by atoms with E-state index >= 15 is 0 Å². The molecule has 1 aromatic carbocycles. The molecule has 0 radical (unpaired) electrons. The molecule has 1 saturated heterocycles. The van der Waals surface area contributed by atoms with Crippen LogP contribution < -0.4 is 0 Å². The number of halogens is 1. The van der Waals surface area contributed by atoms with Crippen LogP contribution in [0.4, 0.5) is 0 Å². The molecule has 0 bridgehead atoms. The zero-order valence-electron chi connectivity index (χ0n) is 17.6. The zero-order valence-corrected chi connectivity index (χ0v) is 19.2. The molecule has 0 saturated carbocycles. The Balaban J connectivity index is 1.77. The fourth-order valence-electron chi connectivity index (χ4n) is 3.85. The number of piperazine rings is 1. The van der Waals surface area contributed by atoms with Gasteiger partial charge >= 0.3 is 0 Å². The van der Waals surface area contributed by atoms with Crippen LogP contribution in [0.2, 0.25) is 5.02 Å². The van der Waals surface area contributed by atoms with Crippen LogP contribution in [0.5, 0.6) is 0 Å². The van der Waals surface area contributed by atoms with Crippen molar-refractivity contribution < 1.29 is 13.2 Å². The molecule has 0 atom stereocenters. The molecule has 1 aliphatic heterocycles. The van der Waals surface area contributed by atoms with Crippen LogP contribution in [0.15, 0.2) is 47.5 Å². The Hall–Kier alpha value is -2.42. The summed E-state index contributed by atoms with van der Waals surface area (Å²) in [4.78, 5) is 20.8. The lowest BCUT2D eigenvalue weighted by Gasteiger charge is -2.34. The van der Waals surface area contributed by atoms with E-state index in [1.807, 2.05) is 33.6 Å². The summed E-state index contributed by atoms with van der Waals surface area (Å²) >= 11 is 6.07. The van der Waals surface area contributed by atoms with Gasteiger partial charge in [0.25, 0.3) is 0 Å². The summed E-state index contributed by atoms with van der Waals surface area (Å²) in [7, 11) is -3.34. The third kappa shape index (κ3) is 4.46. The maximum atomic E-state index is 12.5. The molecule has 1 amide bonds. The number of carbonyl (C=O) groups excluding carboxylic acids is 1. The van der Waals surface area contributed by atoms with Crippen LogP contribution in [0.1, 0.15) is 19.5 Å². The Kier molecular flexibility index (Phi) is 6.05. The number of nitrogens with zero attached hydrogens (tertiary/aromatic N) is 4. The predicted octanol–water partition coefficient (Wildman–Crippen LogP) is 3.11. The zero-order chi connectivity index (χ0) is 22.2. The molecule has 31 heavy (non-hydrogen) atoms. The number of rotatable bonds is 5. The number of aromatic nitrogens is 2. The van der Waals surface area contributed by atoms with Gasteiger partial charge in [-0.1, -0.05) is 30.7 Å². The summed E-state index contributed by atoms with van der Waals surface area (Å²) < 4.78 is 26.8. The molecule has 2 aromatic heterocycles. The van der Waals surface area contributed by atoms with Crippen LogP contribution in [0.3, 0.4) is 0 Å². The normalized spacial score (nSPS) is 15.5. The summed E-state index contributed by atoms with van der Waals surface area (Å²) in [6, 6.07) is 10.9. The highest BCUT2D eigenvalue weighted by Gasteiger charge is 2.23. The van der Waals surface area contributed by atoms with Crippen molar-refractivity contribution in [3.63, 3.8) is 0 Å². The first-order valence-corrected chi connectivity index (χ1v) is 12.3. The molecule has 4 rings (SSSR count). The van der Waals surface area contributed by atoms with Gasteiger partial charge in [-0.15, -0.1) is 0 Å². The minimum atomic E-state index is -3.34. The monoisotopic (exact) mass is 460 g/mol. The van der Waals surface area contributed by atoms with Crippen LogP contribution in [-0.2, 0) is 21.2 Å². The predicted molar refractivity (Wildman–Crippen MR) is 121 cm³/mol. The van der Waals surface area contributed by atoms with Crippen LogP contribution in [0.25, 0.3) is 16.9 Å². The molecule has 1 aliphatic rings. The Morgan fingerprint density at radius 3 is 2.35 bits per heavy atom. The lowest BCUT2D eigenvalue weighted by atomic mass is 10.1. The van der Waals surface area contributed by atoms with Gasteiger partial charge in [0.1, 0.15) is 5.65 Å². The van der Waals surface area contributed by atoms with Gasteiger partial charge in [-0.3, -0.25) is 9.69 Å². The van der Waals surface area contributed by atoms with Gasteiger partial charge in [-0.25, -0.2) is 13.4 Å². The van der Waals surface area contributed by atoms with Gasteiger partial charge in [-0.05, 0) is 24.3 Å². The Morgan fingerprint density at radius 2 is 1.74 bits per heavy atom. The summed E-state index contributed by atoms with van der Waals surface area (Å²) in [5.41, 5.74) is 3.33. The maximum Gasteiger partial charge on any atom is 0.219 e. The Morgan fingerprint density at radius 1 is 1.06 bits per heavy atom. The second-order valence-electron chi connectivity index (χ2n) is 7.69. The van der Waals surface area contributed by atoms with Gasteiger partial charge in [0, 0.05) is 56.4 Å². The topological polar surface area (TPSA) is 75.0 Å². The molecule has 0 N–H and O–H groups in total. The maximum absolute atomic E-state index is 12.5. The number of fused-ring (bicyclic) bond motifs is 1. The molecule has 0 unspecified atom stereocenters. The average molecular weight is 461 g/mol. The lowest BCUT2D eigenvalue weighted by Crippen LogP contribution is -2.47. The SMILES string of the molecule is CCS(=O)(=O)c1ccc2nc(-c3ccc(Cl)cc3)c(CN3CCN(C(C)=O)CC3)n2c1. The van der Waals surface area contributed by atoms with E-state index in [2.05, 4.69) is 4.90 Å². The van der Waals surface area contributed by atoms with E-state index in [4.69, 9.17) is 16.6 Å². The first-order chi connectivity index (χ1) is 14.8. The Labute approximate surface area is 187 Å². The van der Waals surface area contributed by atoms with Crippen LogP contribution in [0, 0.1) is 0 Å². The average Bonchev–Trinajstić information content (AvgIpc) is 3.12. The molecule has 3 aromatic rings. The smallest absolute Gasteiger partial charge is 0.219 e. The summed E-state index contributed by atoms with van der Waals surface area (Å²) in [6.45, 7) is 6.69. The number of pyridine rings is 1. The first kappa shape index (κ1) is 21.8. The molecule has 0 aliphatic carbocycles. The molecule has 0 spiro atoms. The van der Waals surface area contributed by atoms with Crippen molar-refractivity contribution in [2.75, 3.05) is 31.9 Å². The van der Waals surface area contributed by atoms with E-state index in [0.29, 0.717) is 30.3 Å². The van der Waals surface area contributed by atoms with E-state index in [1.165, 1.54) is 0 Å². The minimum absolute atomic E-state index is 0.0413. The second kappa shape index (κ2) is 8.61. The van der Waals surface area contributed by atoms with Gasteiger partial charge < -0.3 is 9.30 Å². The number of sulfone groups is 1. The first-order valence-electron chi connectivity index (χ1n) is 10.3. The quantitative estimate of drug-likeness (QED) is 0.584. The molecule has 164 valence electrons. The van der Waals surface area contributed by atoms with Crippen molar-refractivity contribution in [1.29, 1.82) is 0 Å². The number of carbonyl (C=O) groups is 1. The largest absolute Gasteiger partial charge is 0.340 e. The third-order valence-corrected chi connectivity index (χ3v) is 7.71. The van der Waals surface area contributed by atoms with Crippen LogP contribution >= 0.6 is 11.6 Å². The molecule has 7 nitrogen and oxygen atoms in total. The fraction of sp³-hybridized carbons (Fsp3) is 0.364. The Bertz CT molecular complexity index is 1210. The van der Waals surface area contributed by atoms with Gasteiger partial charge in [-0.2, -0.15) is 0 Å². The van der Waals surface area contributed by atoms with Gasteiger partial charge in [0.15, 0.2) is 9.84 Å². The van der Waals surface area contributed by atoms with Gasteiger partial charge in [0.05, 0.1) is 22.0 Å². The van der Waals surface area contributed by atoms with Crippen molar-refractivity contribution in [3.8, 4) is 11.3 Å². The lowest BCUT2D eigenvalue weighted by molar-refractivity contribution is -0.130. The number of imidazole rings is 1. The number of hydrogen-bond acceptors (Lipinski definition) is 5. The summed E-state index contributed by atoms with van der Waals surface area (Å²) in [5.74, 6) is 0.130. The van der Waals surface area contributed by atoms with E-state index < -0.39 is 9.84 Å². The van der Waals surface area contributed by atoms with E-state index in [1.54, 1.807) is 32.2 Å². The van der Waals surface area contributed by atoms with Crippen molar-refractivity contribution >= 4 is 33.0 Å². The van der Waals surface area contributed by atoms with Crippen molar-refractivity contribution in [3.05, 3.63) is 53.3 Å². The molecular formula is C22H25ClN4O3S. The highest BCUT2D eigenvalue weighted by atomic mass is 35.5. The van der Waals surface area contributed by atoms with Crippen LogP contribution in [-0.4, -0.2) is 65.4 Å². The number of amides is 1. The molecule has 3 heterocycles. The highest BCUT2D eigenvalue weighted by molar-refractivity contribution is 7.91.